The van der Waals surface area contributed by atoms with Crippen LogP contribution in [0.25, 0.3) is 0 Å². The molecule has 30 heavy (non-hydrogen) atoms. The van der Waals surface area contributed by atoms with Gasteiger partial charge in [0.15, 0.2) is 23.5 Å². The quantitative estimate of drug-likeness (QED) is 0.341. The number of hydrogen-bond acceptors (Lipinski definition) is 8. The smallest absolute Gasteiger partial charge is 0.316 e. The van der Waals surface area contributed by atoms with Gasteiger partial charge in [0, 0.05) is 18.7 Å². The first-order chi connectivity index (χ1) is 14.6. The Morgan fingerprint density at radius 1 is 1.20 bits per heavy atom. The molecule has 1 atom stereocenters. The minimum absolute atomic E-state index is 0.0693. The number of para-hydroxylation sites is 2. The fourth-order valence-electron chi connectivity index (χ4n) is 2.98. The van der Waals surface area contributed by atoms with Crippen LogP contribution in [0.5, 0.6) is 23.0 Å². The summed E-state index contributed by atoms with van der Waals surface area (Å²) in [5.74, 6) is 0.640. The van der Waals surface area contributed by atoms with Crippen molar-refractivity contribution in [3.8, 4) is 29.1 Å². The molecule has 0 radical (unpaired) electrons. The molecule has 1 aliphatic heterocycles. The normalized spacial score (nSPS) is 15.8. The molecule has 1 saturated heterocycles. The predicted octanol–water partition coefficient (Wildman–Crippen LogP) is 4.19. The molecule has 0 aliphatic carbocycles. The zero-order chi connectivity index (χ0) is 21.3. The largest absolute Gasteiger partial charge is 0.493 e. The maximum absolute atomic E-state index is 11.6. The van der Waals surface area contributed by atoms with Crippen LogP contribution < -0.4 is 14.2 Å². The molecule has 1 aliphatic rings. The average Bonchev–Trinajstić information content (AvgIpc) is 2.78. The van der Waals surface area contributed by atoms with Crippen LogP contribution in [0.3, 0.4) is 0 Å². The van der Waals surface area contributed by atoms with E-state index in [1.807, 2.05) is 6.07 Å². The molecular formula is C21H22N2O7. The molecule has 0 bridgehead atoms. The minimum atomic E-state index is -0.620. The summed E-state index contributed by atoms with van der Waals surface area (Å²) in [6.07, 6.45) is 2.60. The Morgan fingerprint density at radius 3 is 2.67 bits per heavy atom. The Labute approximate surface area is 173 Å². The first-order valence-corrected chi connectivity index (χ1v) is 9.51. The van der Waals surface area contributed by atoms with E-state index in [1.165, 1.54) is 13.2 Å². The molecular weight excluding hydrogens is 392 g/mol. The standard InChI is InChI=1S/C21H22N2O7/c1-26-17-6-2-3-7-18(17)30-21-16(23(24)25)12-15(14-22)13-19(21)27-10-11-29-20-8-4-5-9-28-20/h2-3,6-7,12-13,20H,4-5,8-11H2,1H3. The van der Waals surface area contributed by atoms with Crippen molar-refractivity contribution in [2.45, 2.75) is 25.6 Å². The highest BCUT2D eigenvalue weighted by Gasteiger charge is 2.25. The van der Waals surface area contributed by atoms with E-state index in [0.29, 0.717) is 12.4 Å². The molecule has 0 spiro atoms. The summed E-state index contributed by atoms with van der Waals surface area (Å²) in [6.45, 7) is 0.996. The van der Waals surface area contributed by atoms with Gasteiger partial charge in [-0.15, -0.1) is 0 Å². The Kier molecular flexibility index (Phi) is 7.43. The summed E-state index contributed by atoms with van der Waals surface area (Å²) in [4.78, 5) is 11.0. The fourth-order valence-corrected chi connectivity index (χ4v) is 2.98. The fraction of sp³-hybridized carbons (Fsp3) is 0.381. The summed E-state index contributed by atoms with van der Waals surface area (Å²) in [5.41, 5.74) is -0.299. The van der Waals surface area contributed by atoms with Gasteiger partial charge in [0.1, 0.15) is 6.61 Å². The summed E-state index contributed by atoms with van der Waals surface area (Å²) < 4.78 is 27.9. The van der Waals surface area contributed by atoms with Gasteiger partial charge in [-0.1, -0.05) is 12.1 Å². The summed E-state index contributed by atoms with van der Waals surface area (Å²) in [7, 11) is 1.47. The van der Waals surface area contributed by atoms with E-state index in [1.54, 1.807) is 24.3 Å². The molecule has 1 heterocycles. The van der Waals surface area contributed by atoms with Crippen molar-refractivity contribution in [3.05, 3.63) is 52.1 Å². The monoisotopic (exact) mass is 414 g/mol. The molecule has 0 N–H and O–H groups in total. The van der Waals surface area contributed by atoms with Crippen molar-refractivity contribution in [2.75, 3.05) is 26.9 Å². The SMILES string of the molecule is COc1ccccc1Oc1c(OCCOC2CCCCO2)cc(C#N)cc1[N+](=O)[O-]. The van der Waals surface area contributed by atoms with Gasteiger partial charge < -0.3 is 23.7 Å². The van der Waals surface area contributed by atoms with Crippen molar-refractivity contribution in [1.29, 1.82) is 5.26 Å². The maximum Gasteiger partial charge on any atom is 0.316 e. The first-order valence-electron chi connectivity index (χ1n) is 9.51. The van der Waals surface area contributed by atoms with E-state index in [4.69, 9.17) is 23.7 Å². The number of nitro benzene ring substituents is 1. The molecule has 0 saturated carbocycles. The number of ether oxygens (including phenoxy) is 5. The second kappa shape index (κ2) is 10.4. The lowest BCUT2D eigenvalue weighted by Gasteiger charge is -2.22. The second-order valence-corrected chi connectivity index (χ2v) is 6.46. The number of nitro groups is 1. The molecule has 2 aromatic rings. The summed E-state index contributed by atoms with van der Waals surface area (Å²) in [5, 5.41) is 20.9. The van der Waals surface area contributed by atoms with E-state index in [9.17, 15) is 15.4 Å². The highest BCUT2D eigenvalue weighted by atomic mass is 16.7. The molecule has 0 amide bonds. The highest BCUT2D eigenvalue weighted by molar-refractivity contribution is 5.62. The lowest BCUT2D eigenvalue weighted by atomic mass is 10.2. The number of rotatable bonds is 9. The Bertz CT molecular complexity index is 920. The molecule has 3 rings (SSSR count). The van der Waals surface area contributed by atoms with Crippen LogP contribution in [-0.2, 0) is 9.47 Å². The van der Waals surface area contributed by atoms with Crippen molar-refractivity contribution < 1.29 is 28.6 Å². The van der Waals surface area contributed by atoms with Gasteiger partial charge in [-0.25, -0.2) is 0 Å². The Hall–Kier alpha value is -3.35. The van der Waals surface area contributed by atoms with E-state index < -0.39 is 4.92 Å². The zero-order valence-corrected chi connectivity index (χ0v) is 16.5. The van der Waals surface area contributed by atoms with Crippen LogP contribution >= 0.6 is 0 Å². The van der Waals surface area contributed by atoms with Crippen molar-refractivity contribution in [3.63, 3.8) is 0 Å². The third-order valence-corrected chi connectivity index (χ3v) is 4.42. The Morgan fingerprint density at radius 2 is 2.00 bits per heavy atom. The van der Waals surface area contributed by atoms with Gasteiger partial charge in [-0.3, -0.25) is 10.1 Å². The zero-order valence-electron chi connectivity index (χ0n) is 16.5. The van der Waals surface area contributed by atoms with Crippen molar-refractivity contribution in [2.24, 2.45) is 0 Å². The molecule has 1 unspecified atom stereocenters. The van der Waals surface area contributed by atoms with Gasteiger partial charge in [-0.2, -0.15) is 5.26 Å². The lowest BCUT2D eigenvalue weighted by Crippen LogP contribution is -2.24. The topological polar surface area (TPSA) is 113 Å². The van der Waals surface area contributed by atoms with Crippen LogP contribution in [-0.4, -0.2) is 38.1 Å². The van der Waals surface area contributed by atoms with Gasteiger partial charge >= 0.3 is 5.69 Å². The third kappa shape index (κ3) is 5.37. The molecule has 2 aromatic carbocycles. The molecule has 1 fully saturated rings. The molecule has 9 nitrogen and oxygen atoms in total. The van der Waals surface area contributed by atoms with Crippen LogP contribution in [0.15, 0.2) is 36.4 Å². The number of methoxy groups -OCH3 is 1. The van der Waals surface area contributed by atoms with Gasteiger partial charge in [0.05, 0.1) is 30.3 Å². The van der Waals surface area contributed by atoms with Crippen molar-refractivity contribution >= 4 is 5.69 Å². The van der Waals surface area contributed by atoms with Gasteiger partial charge in [0.25, 0.3) is 0 Å². The predicted molar refractivity (Wildman–Crippen MR) is 106 cm³/mol. The average molecular weight is 414 g/mol. The van der Waals surface area contributed by atoms with Crippen LogP contribution in [0.1, 0.15) is 24.8 Å². The van der Waals surface area contributed by atoms with Gasteiger partial charge in [0.2, 0.25) is 5.75 Å². The van der Waals surface area contributed by atoms with Crippen molar-refractivity contribution in [1.82, 2.24) is 0 Å². The van der Waals surface area contributed by atoms with E-state index in [2.05, 4.69) is 0 Å². The number of nitriles is 1. The number of benzene rings is 2. The van der Waals surface area contributed by atoms with Crippen LogP contribution in [0, 0.1) is 21.4 Å². The summed E-state index contributed by atoms with van der Waals surface area (Å²) >= 11 is 0. The van der Waals surface area contributed by atoms with E-state index in [-0.39, 0.29) is 48.0 Å². The maximum atomic E-state index is 11.6. The lowest BCUT2D eigenvalue weighted by molar-refractivity contribution is -0.385. The molecule has 158 valence electrons. The first kappa shape index (κ1) is 21.4. The van der Waals surface area contributed by atoms with Gasteiger partial charge in [-0.05, 0) is 31.4 Å². The Balaban J connectivity index is 1.81. The second-order valence-electron chi connectivity index (χ2n) is 6.46. The third-order valence-electron chi connectivity index (χ3n) is 4.42. The summed E-state index contributed by atoms with van der Waals surface area (Å²) in [6, 6.07) is 11.2. The number of nitrogens with zero attached hydrogens (tertiary/aromatic N) is 2. The minimum Gasteiger partial charge on any atom is -0.493 e. The highest BCUT2D eigenvalue weighted by Crippen LogP contribution is 2.43. The van der Waals surface area contributed by atoms with Crippen LogP contribution in [0.4, 0.5) is 5.69 Å². The molecule has 0 aromatic heterocycles. The molecule has 9 heteroatoms. The van der Waals surface area contributed by atoms with Crippen LogP contribution in [0.2, 0.25) is 0 Å². The van der Waals surface area contributed by atoms with E-state index in [0.717, 1.165) is 25.3 Å². The van der Waals surface area contributed by atoms with E-state index >= 15 is 0 Å². The number of hydrogen-bond donors (Lipinski definition) is 0.